The van der Waals surface area contributed by atoms with E-state index in [9.17, 15) is 9.90 Å². The van der Waals surface area contributed by atoms with Gasteiger partial charge in [0.05, 0.1) is 16.6 Å². The zero-order valence-electron chi connectivity index (χ0n) is 17.5. The quantitative estimate of drug-likeness (QED) is 0.298. The topological polar surface area (TPSA) is 67.8 Å². The van der Waals surface area contributed by atoms with Gasteiger partial charge in [0.15, 0.2) is 11.5 Å². The summed E-state index contributed by atoms with van der Waals surface area (Å²) < 4.78 is 12.5. The van der Waals surface area contributed by atoms with Crippen LogP contribution in [0.15, 0.2) is 53.0 Å². The van der Waals surface area contributed by atoms with Crippen molar-refractivity contribution in [2.24, 2.45) is 0 Å². The van der Waals surface area contributed by atoms with Crippen molar-refractivity contribution in [2.45, 2.75) is 27.0 Å². The summed E-state index contributed by atoms with van der Waals surface area (Å²) >= 11 is 16.1. The van der Waals surface area contributed by atoms with Crippen molar-refractivity contribution in [3.63, 3.8) is 0 Å². The Bertz CT molecular complexity index is 1120. The highest BCUT2D eigenvalue weighted by atomic mass is 79.9. The Kier molecular flexibility index (Phi) is 8.29. The van der Waals surface area contributed by atoms with Crippen molar-refractivity contribution < 1.29 is 19.4 Å². The van der Waals surface area contributed by atoms with E-state index < -0.39 is 5.97 Å². The van der Waals surface area contributed by atoms with Gasteiger partial charge in [-0.3, -0.25) is 0 Å². The first-order chi connectivity index (χ1) is 15.3. The normalized spacial score (nSPS) is 10.7. The SMILES string of the molecule is CCOc1cc(CNc2cccc(C(=O)O)c2C)cc(Br)c1OCc1c(Cl)cccc1Cl. The number of aromatic carboxylic acids is 1. The summed E-state index contributed by atoms with van der Waals surface area (Å²) in [5.74, 6) is 0.182. The van der Waals surface area contributed by atoms with Gasteiger partial charge in [0.1, 0.15) is 6.61 Å². The van der Waals surface area contributed by atoms with Gasteiger partial charge < -0.3 is 19.9 Å². The molecule has 0 aliphatic rings. The van der Waals surface area contributed by atoms with E-state index in [0.717, 1.165) is 15.7 Å². The zero-order chi connectivity index (χ0) is 23.3. The van der Waals surface area contributed by atoms with Gasteiger partial charge in [-0.15, -0.1) is 0 Å². The van der Waals surface area contributed by atoms with Crippen LogP contribution >= 0.6 is 39.1 Å². The van der Waals surface area contributed by atoms with Crippen LogP contribution in [-0.4, -0.2) is 17.7 Å². The van der Waals surface area contributed by atoms with Gasteiger partial charge >= 0.3 is 5.97 Å². The third-order valence-corrected chi connectivity index (χ3v) is 6.14. The molecule has 32 heavy (non-hydrogen) atoms. The fraction of sp³-hybridized carbons (Fsp3) is 0.208. The molecule has 3 aromatic rings. The van der Waals surface area contributed by atoms with Gasteiger partial charge in [-0.25, -0.2) is 4.79 Å². The molecule has 0 saturated heterocycles. The molecular weight excluding hydrogens is 517 g/mol. The van der Waals surface area contributed by atoms with E-state index in [2.05, 4.69) is 21.2 Å². The van der Waals surface area contributed by atoms with Crippen LogP contribution in [0.5, 0.6) is 11.5 Å². The number of halogens is 3. The minimum absolute atomic E-state index is 0.190. The highest BCUT2D eigenvalue weighted by Gasteiger charge is 2.15. The average molecular weight is 539 g/mol. The van der Waals surface area contributed by atoms with Crippen LogP contribution < -0.4 is 14.8 Å². The van der Waals surface area contributed by atoms with Crippen LogP contribution in [0.4, 0.5) is 5.69 Å². The van der Waals surface area contributed by atoms with E-state index in [-0.39, 0.29) is 12.2 Å². The van der Waals surface area contributed by atoms with Crippen LogP contribution in [0.2, 0.25) is 10.0 Å². The first-order valence-corrected chi connectivity index (χ1v) is 11.4. The standard InChI is InChI=1S/C24H22BrCl2NO4/c1-3-31-22-11-15(12-28-21-9-4-6-16(14(21)2)24(29)30)10-18(25)23(22)32-13-17-19(26)7-5-8-20(17)27/h4-11,28H,3,12-13H2,1-2H3,(H,29,30). The van der Waals surface area contributed by atoms with Gasteiger partial charge in [-0.2, -0.15) is 0 Å². The van der Waals surface area contributed by atoms with Gasteiger partial charge in [-0.1, -0.05) is 35.3 Å². The molecule has 0 aliphatic heterocycles. The van der Waals surface area contributed by atoms with Crippen molar-refractivity contribution in [1.82, 2.24) is 0 Å². The predicted molar refractivity (Wildman–Crippen MR) is 132 cm³/mol. The number of anilines is 1. The minimum Gasteiger partial charge on any atom is -0.490 e. The summed E-state index contributed by atoms with van der Waals surface area (Å²) in [5.41, 5.74) is 3.34. The molecule has 5 nitrogen and oxygen atoms in total. The third kappa shape index (κ3) is 5.68. The molecule has 3 aromatic carbocycles. The van der Waals surface area contributed by atoms with Crippen molar-refractivity contribution in [3.8, 4) is 11.5 Å². The summed E-state index contributed by atoms with van der Waals surface area (Å²) in [6.07, 6.45) is 0. The van der Waals surface area contributed by atoms with Crippen molar-refractivity contribution >= 4 is 50.8 Å². The van der Waals surface area contributed by atoms with E-state index in [1.54, 1.807) is 37.3 Å². The lowest BCUT2D eigenvalue weighted by molar-refractivity contribution is 0.0696. The lowest BCUT2D eigenvalue weighted by Crippen LogP contribution is -2.07. The fourth-order valence-corrected chi connectivity index (χ4v) is 4.31. The highest BCUT2D eigenvalue weighted by molar-refractivity contribution is 9.10. The Labute approximate surface area is 205 Å². The summed E-state index contributed by atoms with van der Waals surface area (Å²) in [4.78, 5) is 11.4. The molecule has 0 heterocycles. The molecule has 0 bridgehead atoms. The molecular formula is C24H22BrCl2NO4. The summed E-state index contributed by atoms with van der Waals surface area (Å²) in [5, 5.41) is 13.7. The summed E-state index contributed by atoms with van der Waals surface area (Å²) in [6, 6.07) is 14.3. The smallest absolute Gasteiger partial charge is 0.336 e. The third-order valence-electron chi connectivity index (χ3n) is 4.84. The number of hydrogen-bond acceptors (Lipinski definition) is 4. The Balaban J connectivity index is 1.81. The van der Waals surface area contributed by atoms with E-state index in [0.29, 0.717) is 45.8 Å². The summed E-state index contributed by atoms with van der Waals surface area (Å²) in [6.45, 7) is 4.81. The Hall–Kier alpha value is -2.41. The van der Waals surface area contributed by atoms with E-state index in [1.807, 2.05) is 25.1 Å². The van der Waals surface area contributed by atoms with Gasteiger partial charge in [0.2, 0.25) is 0 Å². The number of carboxylic acids is 1. The monoisotopic (exact) mass is 537 g/mol. The first-order valence-electron chi connectivity index (χ1n) is 9.89. The number of ether oxygens (including phenoxy) is 2. The molecule has 8 heteroatoms. The molecule has 0 spiro atoms. The molecule has 0 aromatic heterocycles. The molecule has 0 unspecified atom stereocenters. The Morgan fingerprint density at radius 3 is 2.44 bits per heavy atom. The maximum atomic E-state index is 11.4. The Morgan fingerprint density at radius 1 is 1.09 bits per heavy atom. The molecule has 0 saturated carbocycles. The van der Waals surface area contributed by atoms with E-state index in [4.69, 9.17) is 32.7 Å². The molecule has 3 rings (SSSR count). The number of rotatable bonds is 9. The van der Waals surface area contributed by atoms with Crippen LogP contribution in [-0.2, 0) is 13.2 Å². The molecule has 168 valence electrons. The second-order valence-electron chi connectivity index (χ2n) is 6.96. The number of carbonyl (C=O) groups is 1. The average Bonchev–Trinajstić information content (AvgIpc) is 2.74. The van der Waals surface area contributed by atoms with E-state index >= 15 is 0 Å². The minimum atomic E-state index is -0.951. The number of hydrogen-bond donors (Lipinski definition) is 2. The number of carboxylic acid groups (broad SMARTS) is 1. The lowest BCUT2D eigenvalue weighted by Gasteiger charge is -2.17. The van der Waals surface area contributed by atoms with Crippen LogP contribution in [0.25, 0.3) is 0 Å². The molecule has 0 amide bonds. The van der Waals surface area contributed by atoms with Crippen LogP contribution in [0, 0.1) is 6.92 Å². The largest absolute Gasteiger partial charge is 0.490 e. The van der Waals surface area contributed by atoms with Crippen molar-refractivity contribution in [2.75, 3.05) is 11.9 Å². The molecule has 0 atom stereocenters. The van der Waals surface area contributed by atoms with E-state index in [1.165, 1.54) is 0 Å². The van der Waals surface area contributed by atoms with Crippen molar-refractivity contribution in [3.05, 3.63) is 85.3 Å². The predicted octanol–water partition coefficient (Wildman–Crippen LogP) is 7.35. The van der Waals surface area contributed by atoms with Gasteiger partial charge in [0, 0.05) is 27.8 Å². The number of benzene rings is 3. The number of nitrogens with one attached hydrogen (secondary N) is 1. The molecule has 0 radical (unpaired) electrons. The molecule has 0 fully saturated rings. The van der Waals surface area contributed by atoms with Crippen molar-refractivity contribution in [1.29, 1.82) is 0 Å². The first kappa shape index (κ1) is 24.2. The van der Waals surface area contributed by atoms with Crippen LogP contribution in [0.1, 0.15) is 34.0 Å². The lowest BCUT2D eigenvalue weighted by atomic mass is 10.1. The maximum absolute atomic E-state index is 11.4. The molecule has 0 aliphatic carbocycles. The maximum Gasteiger partial charge on any atom is 0.336 e. The fourth-order valence-electron chi connectivity index (χ4n) is 3.20. The van der Waals surface area contributed by atoms with Gasteiger partial charge in [0.25, 0.3) is 0 Å². The summed E-state index contributed by atoms with van der Waals surface area (Å²) in [7, 11) is 0. The van der Waals surface area contributed by atoms with Crippen LogP contribution in [0.3, 0.4) is 0 Å². The van der Waals surface area contributed by atoms with Gasteiger partial charge in [-0.05, 0) is 77.3 Å². The molecule has 2 N–H and O–H groups in total. The second kappa shape index (κ2) is 10.9. The Morgan fingerprint density at radius 2 is 1.78 bits per heavy atom. The highest BCUT2D eigenvalue weighted by Crippen LogP contribution is 2.38. The zero-order valence-corrected chi connectivity index (χ0v) is 20.6. The second-order valence-corrected chi connectivity index (χ2v) is 8.63.